The van der Waals surface area contributed by atoms with E-state index in [2.05, 4.69) is 43.1 Å². The van der Waals surface area contributed by atoms with Gasteiger partial charge < -0.3 is 14.1 Å². The van der Waals surface area contributed by atoms with Gasteiger partial charge in [-0.25, -0.2) is 0 Å². The van der Waals surface area contributed by atoms with Gasteiger partial charge in [-0.15, -0.1) is 10.2 Å². The largest absolute Gasteiger partial charge is 0.488 e. The zero-order valence-electron chi connectivity index (χ0n) is 20.3. The maximum atomic E-state index is 13.2. The summed E-state index contributed by atoms with van der Waals surface area (Å²) in [5.41, 5.74) is 3.48. The Kier molecular flexibility index (Phi) is 7.22. The molecule has 3 aromatic carbocycles. The van der Waals surface area contributed by atoms with Gasteiger partial charge in [0, 0.05) is 17.6 Å². The molecule has 0 atom stereocenters. The number of nitrogens with zero attached hydrogens (tertiary/aromatic N) is 3. The highest BCUT2D eigenvalue weighted by molar-refractivity contribution is 6.31. The third-order valence-corrected chi connectivity index (χ3v) is 5.83. The predicted molar refractivity (Wildman–Crippen MR) is 136 cm³/mol. The molecule has 6 nitrogen and oxygen atoms in total. The van der Waals surface area contributed by atoms with E-state index in [9.17, 15) is 4.79 Å². The first-order valence-corrected chi connectivity index (χ1v) is 11.7. The van der Waals surface area contributed by atoms with Crippen LogP contribution in [0.1, 0.15) is 48.1 Å². The molecular formula is C28H28ClN3O3. The Morgan fingerprint density at radius 2 is 1.71 bits per heavy atom. The van der Waals surface area contributed by atoms with Crippen LogP contribution >= 0.6 is 11.6 Å². The van der Waals surface area contributed by atoms with Gasteiger partial charge in [-0.05, 0) is 46.9 Å². The van der Waals surface area contributed by atoms with Crippen LogP contribution < -0.4 is 4.74 Å². The lowest BCUT2D eigenvalue weighted by Gasteiger charge is -2.18. The third-order valence-electron chi connectivity index (χ3n) is 5.59. The van der Waals surface area contributed by atoms with Gasteiger partial charge in [0.2, 0.25) is 11.8 Å². The summed E-state index contributed by atoms with van der Waals surface area (Å²) >= 11 is 6.19. The lowest BCUT2D eigenvalue weighted by atomic mass is 9.87. The minimum Gasteiger partial charge on any atom is -0.488 e. The molecule has 0 N–H and O–H groups in total. The Bertz CT molecular complexity index is 1300. The van der Waals surface area contributed by atoms with Crippen LogP contribution in [0.5, 0.6) is 5.75 Å². The molecule has 0 aliphatic heterocycles. The first-order valence-electron chi connectivity index (χ1n) is 11.4. The SMILES string of the molecule is CN(Cc1nnc(-c2ccc(C(C)(C)C)cc2)o1)C(=O)c1cc(Cl)ccc1OCc1ccccc1. The van der Waals surface area contributed by atoms with Crippen molar-refractivity contribution in [3.8, 4) is 17.2 Å². The van der Waals surface area contributed by atoms with Crippen molar-refractivity contribution in [3.05, 3.63) is 100 Å². The molecular weight excluding hydrogens is 462 g/mol. The second-order valence-corrected chi connectivity index (χ2v) is 9.84. The Balaban J connectivity index is 1.46. The van der Waals surface area contributed by atoms with Crippen molar-refractivity contribution in [2.24, 2.45) is 0 Å². The summed E-state index contributed by atoms with van der Waals surface area (Å²) in [6.07, 6.45) is 0. The average Bonchev–Trinajstić information content (AvgIpc) is 3.31. The summed E-state index contributed by atoms with van der Waals surface area (Å²) in [5, 5.41) is 8.74. The van der Waals surface area contributed by atoms with E-state index < -0.39 is 0 Å². The Morgan fingerprint density at radius 3 is 2.40 bits per heavy atom. The van der Waals surface area contributed by atoms with E-state index in [1.165, 1.54) is 10.5 Å². The predicted octanol–water partition coefficient (Wildman–Crippen LogP) is 6.54. The highest BCUT2D eigenvalue weighted by atomic mass is 35.5. The van der Waals surface area contributed by atoms with Gasteiger partial charge >= 0.3 is 0 Å². The number of carbonyl (C=O) groups excluding carboxylic acids is 1. The van der Waals surface area contributed by atoms with E-state index in [0.717, 1.165) is 11.1 Å². The van der Waals surface area contributed by atoms with Crippen molar-refractivity contribution in [2.45, 2.75) is 39.3 Å². The van der Waals surface area contributed by atoms with Crippen molar-refractivity contribution >= 4 is 17.5 Å². The number of carbonyl (C=O) groups is 1. The first-order chi connectivity index (χ1) is 16.7. The lowest BCUT2D eigenvalue weighted by molar-refractivity contribution is 0.0768. The van der Waals surface area contributed by atoms with E-state index in [1.54, 1.807) is 25.2 Å². The molecule has 4 rings (SSSR count). The van der Waals surface area contributed by atoms with Gasteiger partial charge in [-0.3, -0.25) is 4.79 Å². The molecule has 0 saturated carbocycles. The van der Waals surface area contributed by atoms with E-state index in [1.807, 2.05) is 42.5 Å². The molecule has 0 aliphatic rings. The van der Waals surface area contributed by atoms with Gasteiger partial charge in [0.15, 0.2) is 0 Å². The number of hydrogen-bond donors (Lipinski definition) is 0. The van der Waals surface area contributed by atoms with Gasteiger partial charge in [-0.2, -0.15) is 0 Å². The maximum Gasteiger partial charge on any atom is 0.257 e. The van der Waals surface area contributed by atoms with Crippen LogP contribution in [-0.2, 0) is 18.6 Å². The molecule has 0 aliphatic carbocycles. The second-order valence-electron chi connectivity index (χ2n) is 9.40. The molecule has 35 heavy (non-hydrogen) atoms. The van der Waals surface area contributed by atoms with Gasteiger partial charge in [0.1, 0.15) is 12.4 Å². The number of ether oxygens (including phenoxy) is 1. The Labute approximate surface area is 210 Å². The topological polar surface area (TPSA) is 68.5 Å². The van der Waals surface area contributed by atoms with E-state index in [-0.39, 0.29) is 17.9 Å². The molecule has 180 valence electrons. The average molecular weight is 490 g/mol. The van der Waals surface area contributed by atoms with E-state index in [4.69, 9.17) is 20.8 Å². The standard InChI is InChI=1S/C28H28ClN3O3/c1-28(2,3)21-12-10-20(11-13-21)26-31-30-25(35-26)17-32(4)27(33)23-16-22(29)14-15-24(23)34-18-19-8-6-5-7-9-19/h5-16H,17-18H2,1-4H3. The Morgan fingerprint density at radius 1 is 1.00 bits per heavy atom. The molecule has 7 heteroatoms. The van der Waals surface area contributed by atoms with Crippen LogP contribution in [0, 0.1) is 0 Å². The van der Waals surface area contributed by atoms with Crippen LogP contribution in [0.25, 0.3) is 11.5 Å². The van der Waals surface area contributed by atoms with E-state index >= 15 is 0 Å². The molecule has 0 spiro atoms. The number of aromatic nitrogens is 2. The van der Waals surface area contributed by atoms with Crippen LogP contribution in [0.4, 0.5) is 0 Å². The minimum absolute atomic E-state index is 0.0611. The normalized spacial score (nSPS) is 11.3. The number of benzene rings is 3. The molecule has 0 bridgehead atoms. The first kappa shape index (κ1) is 24.5. The molecule has 1 amide bonds. The Hall–Kier alpha value is -3.64. The maximum absolute atomic E-state index is 13.2. The molecule has 0 saturated heterocycles. The van der Waals surface area contributed by atoms with Crippen molar-refractivity contribution in [1.29, 1.82) is 0 Å². The van der Waals surface area contributed by atoms with Gasteiger partial charge in [0.05, 0.1) is 12.1 Å². The van der Waals surface area contributed by atoms with Gasteiger partial charge in [0.25, 0.3) is 5.91 Å². The fourth-order valence-electron chi connectivity index (χ4n) is 3.56. The number of halogens is 1. The summed E-state index contributed by atoms with van der Waals surface area (Å²) in [6, 6.07) is 22.8. The summed E-state index contributed by atoms with van der Waals surface area (Å²) in [4.78, 5) is 14.7. The molecule has 0 unspecified atom stereocenters. The monoisotopic (exact) mass is 489 g/mol. The number of hydrogen-bond acceptors (Lipinski definition) is 5. The zero-order chi connectivity index (χ0) is 25.0. The fraction of sp³-hybridized carbons (Fsp3) is 0.250. The summed E-state index contributed by atoms with van der Waals surface area (Å²) < 4.78 is 11.8. The quantitative estimate of drug-likeness (QED) is 0.295. The minimum atomic E-state index is -0.259. The molecule has 1 aromatic heterocycles. The fourth-order valence-corrected chi connectivity index (χ4v) is 3.73. The highest BCUT2D eigenvalue weighted by Gasteiger charge is 2.21. The molecule has 0 fully saturated rings. The van der Waals surface area contributed by atoms with Crippen molar-refractivity contribution < 1.29 is 13.9 Å². The van der Waals surface area contributed by atoms with Gasteiger partial charge in [-0.1, -0.05) is 74.8 Å². The van der Waals surface area contributed by atoms with Crippen molar-refractivity contribution in [2.75, 3.05) is 7.05 Å². The summed E-state index contributed by atoms with van der Waals surface area (Å²) in [5.74, 6) is 0.950. The van der Waals surface area contributed by atoms with Crippen LogP contribution in [0.3, 0.4) is 0 Å². The van der Waals surface area contributed by atoms with Crippen LogP contribution in [0.15, 0.2) is 77.2 Å². The number of rotatable bonds is 7. The van der Waals surface area contributed by atoms with E-state index in [0.29, 0.717) is 34.7 Å². The summed E-state index contributed by atoms with van der Waals surface area (Å²) in [6.45, 7) is 6.98. The molecule has 1 heterocycles. The van der Waals surface area contributed by atoms with Crippen molar-refractivity contribution in [1.82, 2.24) is 15.1 Å². The smallest absolute Gasteiger partial charge is 0.257 e. The van der Waals surface area contributed by atoms with Crippen LogP contribution in [0.2, 0.25) is 5.02 Å². The third kappa shape index (κ3) is 6.08. The highest BCUT2D eigenvalue weighted by Crippen LogP contribution is 2.27. The summed E-state index contributed by atoms with van der Waals surface area (Å²) in [7, 11) is 1.67. The molecule has 0 radical (unpaired) electrons. The second kappa shape index (κ2) is 10.3. The van der Waals surface area contributed by atoms with Crippen molar-refractivity contribution in [3.63, 3.8) is 0 Å². The van der Waals surface area contributed by atoms with Crippen LogP contribution in [-0.4, -0.2) is 28.1 Å². The molecule has 4 aromatic rings. The lowest BCUT2D eigenvalue weighted by Crippen LogP contribution is -2.27. The zero-order valence-corrected chi connectivity index (χ0v) is 21.0. The number of amides is 1.